The molecule has 0 bridgehead atoms. The van der Waals surface area contributed by atoms with E-state index in [0.717, 1.165) is 32.6 Å². The van der Waals surface area contributed by atoms with Gasteiger partial charge < -0.3 is 15.8 Å². The lowest BCUT2D eigenvalue weighted by molar-refractivity contribution is -0.121. The Morgan fingerprint density at radius 1 is 1.31 bits per heavy atom. The highest BCUT2D eigenvalue weighted by atomic mass is 16.5. The molecule has 0 aromatic carbocycles. The third-order valence-corrected chi connectivity index (χ3v) is 3.58. The third kappa shape index (κ3) is 3.76. The summed E-state index contributed by atoms with van der Waals surface area (Å²) in [5.41, 5.74) is 5.91. The zero-order valence-corrected chi connectivity index (χ0v) is 9.78. The molecular formula is C12H22N2O2. The second kappa shape index (κ2) is 5.64. The normalized spacial score (nSPS) is 24.1. The first-order valence-electron chi connectivity index (χ1n) is 6.35. The predicted octanol–water partition coefficient (Wildman–Crippen LogP) is 0.657. The second-order valence-corrected chi connectivity index (χ2v) is 5.07. The van der Waals surface area contributed by atoms with E-state index in [1.165, 1.54) is 12.8 Å². The molecule has 2 fully saturated rings. The molecule has 0 aromatic heterocycles. The van der Waals surface area contributed by atoms with Crippen LogP contribution in [0, 0.1) is 11.8 Å². The Morgan fingerprint density at radius 2 is 2.00 bits per heavy atom. The van der Waals surface area contributed by atoms with E-state index in [2.05, 4.69) is 5.32 Å². The summed E-state index contributed by atoms with van der Waals surface area (Å²) in [4.78, 5) is 11.6. The van der Waals surface area contributed by atoms with Crippen LogP contribution < -0.4 is 11.1 Å². The van der Waals surface area contributed by atoms with Gasteiger partial charge >= 0.3 is 0 Å². The van der Waals surface area contributed by atoms with E-state index in [1.807, 2.05) is 0 Å². The molecule has 1 amide bonds. The number of hydrogen-bond donors (Lipinski definition) is 2. The summed E-state index contributed by atoms with van der Waals surface area (Å²) < 4.78 is 5.28. The van der Waals surface area contributed by atoms with Gasteiger partial charge in [0.1, 0.15) is 0 Å². The number of carbonyl (C=O) groups excluding carboxylic acids is 1. The molecule has 2 rings (SSSR count). The summed E-state index contributed by atoms with van der Waals surface area (Å²) in [7, 11) is 0. The van der Waals surface area contributed by atoms with Gasteiger partial charge in [-0.25, -0.2) is 0 Å². The zero-order valence-electron chi connectivity index (χ0n) is 9.78. The average molecular weight is 226 g/mol. The van der Waals surface area contributed by atoms with Crippen LogP contribution in [0.1, 0.15) is 32.1 Å². The molecule has 1 heterocycles. The van der Waals surface area contributed by atoms with Crippen LogP contribution >= 0.6 is 0 Å². The maximum absolute atomic E-state index is 11.6. The van der Waals surface area contributed by atoms with Crippen LogP contribution in [0.15, 0.2) is 0 Å². The smallest absolute Gasteiger partial charge is 0.221 e. The fourth-order valence-corrected chi connectivity index (χ4v) is 2.19. The lowest BCUT2D eigenvalue weighted by atomic mass is 10.0. The maximum Gasteiger partial charge on any atom is 0.221 e. The molecule has 1 aliphatic carbocycles. The van der Waals surface area contributed by atoms with Crippen molar-refractivity contribution in [3.63, 3.8) is 0 Å². The highest BCUT2D eigenvalue weighted by molar-refractivity contribution is 5.76. The molecule has 1 aliphatic heterocycles. The predicted molar refractivity (Wildman–Crippen MR) is 61.9 cm³/mol. The molecular weight excluding hydrogens is 204 g/mol. The van der Waals surface area contributed by atoms with Crippen LogP contribution in [-0.4, -0.2) is 31.7 Å². The standard InChI is InChI=1S/C12H22N2O2/c13-11(10-1-2-10)7-12(15)14-8-9-3-5-16-6-4-9/h9-11H,1-8,13H2,(H,14,15). The van der Waals surface area contributed by atoms with Crippen LogP contribution in [0.25, 0.3) is 0 Å². The van der Waals surface area contributed by atoms with Crippen molar-refractivity contribution in [1.82, 2.24) is 5.32 Å². The van der Waals surface area contributed by atoms with Crippen molar-refractivity contribution >= 4 is 5.91 Å². The van der Waals surface area contributed by atoms with Crippen molar-refractivity contribution < 1.29 is 9.53 Å². The summed E-state index contributed by atoms with van der Waals surface area (Å²) in [6, 6.07) is 0.0784. The van der Waals surface area contributed by atoms with E-state index in [1.54, 1.807) is 0 Å². The van der Waals surface area contributed by atoms with Crippen LogP contribution in [0.4, 0.5) is 0 Å². The van der Waals surface area contributed by atoms with Crippen LogP contribution in [0.2, 0.25) is 0 Å². The summed E-state index contributed by atoms with van der Waals surface area (Å²) in [6.45, 7) is 2.46. The van der Waals surface area contributed by atoms with Crippen molar-refractivity contribution in [2.45, 2.75) is 38.1 Å². The number of ether oxygens (including phenoxy) is 1. The number of rotatable bonds is 5. The van der Waals surface area contributed by atoms with Gasteiger partial charge in [0.25, 0.3) is 0 Å². The highest BCUT2D eigenvalue weighted by Crippen LogP contribution is 2.32. The monoisotopic (exact) mass is 226 g/mol. The Kier molecular flexibility index (Phi) is 4.18. The minimum Gasteiger partial charge on any atom is -0.381 e. The maximum atomic E-state index is 11.6. The molecule has 4 heteroatoms. The lowest BCUT2D eigenvalue weighted by Gasteiger charge is -2.22. The summed E-state index contributed by atoms with van der Waals surface area (Å²) >= 11 is 0. The fourth-order valence-electron chi connectivity index (χ4n) is 2.19. The van der Waals surface area contributed by atoms with Crippen molar-refractivity contribution in [2.75, 3.05) is 19.8 Å². The molecule has 1 atom stereocenters. The van der Waals surface area contributed by atoms with Crippen molar-refractivity contribution in [2.24, 2.45) is 17.6 Å². The van der Waals surface area contributed by atoms with E-state index < -0.39 is 0 Å². The molecule has 1 saturated carbocycles. The SMILES string of the molecule is NC(CC(=O)NCC1CCOCC1)C1CC1. The molecule has 1 saturated heterocycles. The number of hydrogen-bond acceptors (Lipinski definition) is 3. The molecule has 0 spiro atoms. The molecule has 0 aromatic rings. The van der Waals surface area contributed by atoms with Gasteiger partial charge in [-0.2, -0.15) is 0 Å². The zero-order chi connectivity index (χ0) is 11.4. The largest absolute Gasteiger partial charge is 0.381 e. The van der Waals surface area contributed by atoms with E-state index in [-0.39, 0.29) is 11.9 Å². The quantitative estimate of drug-likeness (QED) is 0.723. The van der Waals surface area contributed by atoms with Crippen molar-refractivity contribution in [1.29, 1.82) is 0 Å². The minimum atomic E-state index is 0.0784. The molecule has 92 valence electrons. The first-order chi connectivity index (χ1) is 7.75. The second-order valence-electron chi connectivity index (χ2n) is 5.07. The fraction of sp³-hybridized carbons (Fsp3) is 0.917. The molecule has 0 radical (unpaired) electrons. The van der Waals surface area contributed by atoms with E-state index >= 15 is 0 Å². The third-order valence-electron chi connectivity index (χ3n) is 3.58. The number of amides is 1. The Morgan fingerprint density at radius 3 is 2.62 bits per heavy atom. The van der Waals surface area contributed by atoms with Gasteiger partial charge in [-0.3, -0.25) is 4.79 Å². The topological polar surface area (TPSA) is 64.4 Å². The lowest BCUT2D eigenvalue weighted by Crippen LogP contribution is -2.36. The molecule has 2 aliphatic rings. The number of nitrogens with one attached hydrogen (secondary N) is 1. The summed E-state index contributed by atoms with van der Waals surface area (Å²) in [6.07, 6.45) is 5.03. The van der Waals surface area contributed by atoms with Gasteiger partial charge in [-0.15, -0.1) is 0 Å². The van der Waals surface area contributed by atoms with Crippen molar-refractivity contribution in [3.05, 3.63) is 0 Å². The van der Waals surface area contributed by atoms with E-state index in [4.69, 9.17) is 10.5 Å². The molecule has 3 N–H and O–H groups in total. The van der Waals surface area contributed by atoms with E-state index in [9.17, 15) is 4.79 Å². The van der Waals surface area contributed by atoms with Gasteiger partial charge in [-0.05, 0) is 37.5 Å². The van der Waals surface area contributed by atoms with Gasteiger partial charge in [-0.1, -0.05) is 0 Å². The highest BCUT2D eigenvalue weighted by Gasteiger charge is 2.29. The molecule has 4 nitrogen and oxygen atoms in total. The van der Waals surface area contributed by atoms with Gasteiger partial charge in [0, 0.05) is 32.2 Å². The number of carbonyl (C=O) groups is 1. The van der Waals surface area contributed by atoms with Crippen LogP contribution in [0.3, 0.4) is 0 Å². The Bertz CT molecular complexity index is 235. The Balaban J connectivity index is 1.58. The Labute approximate surface area is 96.9 Å². The molecule has 1 unspecified atom stereocenters. The van der Waals surface area contributed by atoms with Crippen LogP contribution in [0.5, 0.6) is 0 Å². The van der Waals surface area contributed by atoms with E-state index in [0.29, 0.717) is 18.3 Å². The minimum absolute atomic E-state index is 0.0784. The first kappa shape index (κ1) is 11.9. The average Bonchev–Trinajstić information content (AvgIpc) is 3.11. The molecule has 16 heavy (non-hydrogen) atoms. The summed E-state index contributed by atoms with van der Waals surface area (Å²) in [5, 5.41) is 2.99. The summed E-state index contributed by atoms with van der Waals surface area (Å²) in [5.74, 6) is 1.31. The Hall–Kier alpha value is -0.610. The first-order valence-corrected chi connectivity index (χ1v) is 6.35. The van der Waals surface area contributed by atoms with Gasteiger partial charge in [0.2, 0.25) is 5.91 Å². The number of nitrogens with two attached hydrogens (primary N) is 1. The van der Waals surface area contributed by atoms with Crippen LogP contribution in [-0.2, 0) is 9.53 Å². The van der Waals surface area contributed by atoms with Gasteiger partial charge in [0.05, 0.1) is 0 Å². The van der Waals surface area contributed by atoms with Gasteiger partial charge in [0.15, 0.2) is 0 Å². The van der Waals surface area contributed by atoms with Crippen molar-refractivity contribution in [3.8, 4) is 0 Å².